The Labute approximate surface area is 138 Å². The van der Waals surface area contributed by atoms with Crippen LogP contribution in [0.15, 0.2) is 60.0 Å². The highest BCUT2D eigenvalue weighted by Gasteiger charge is 2.19. The van der Waals surface area contributed by atoms with Crippen LogP contribution in [-0.2, 0) is 10.0 Å². The standard InChI is InChI=1S/C15H13ClN4O2S/c1-11-4-2-7-14(15(11)16)23(21,22)19-12-5-3-6-13(8-12)20-9-17-18-10-20/h2-10,19H,1H3. The zero-order valence-electron chi connectivity index (χ0n) is 12.1. The number of hydrogen-bond donors (Lipinski definition) is 1. The van der Waals surface area contributed by atoms with Gasteiger partial charge in [-0.3, -0.25) is 9.29 Å². The van der Waals surface area contributed by atoms with E-state index in [1.807, 2.05) is 6.07 Å². The van der Waals surface area contributed by atoms with Gasteiger partial charge in [-0.2, -0.15) is 0 Å². The number of nitrogens with one attached hydrogen (secondary N) is 1. The molecule has 1 N–H and O–H groups in total. The van der Waals surface area contributed by atoms with Crippen molar-refractivity contribution in [1.82, 2.24) is 14.8 Å². The maximum Gasteiger partial charge on any atom is 0.263 e. The van der Waals surface area contributed by atoms with E-state index in [4.69, 9.17) is 11.6 Å². The van der Waals surface area contributed by atoms with E-state index in [1.165, 1.54) is 18.7 Å². The van der Waals surface area contributed by atoms with Crippen LogP contribution in [0, 0.1) is 6.92 Å². The Balaban J connectivity index is 1.95. The summed E-state index contributed by atoms with van der Waals surface area (Å²) < 4.78 is 29.3. The molecule has 0 aliphatic rings. The van der Waals surface area contributed by atoms with E-state index >= 15 is 0 Å². The molecule has 0 aliphatic heterocycles. The number of benzene rings is 2. The lowest BCUT2D eigenvalue weighted by atomic mass is 10.2. The molecule has 1 heterocycles. The number of anilines is 1. The summed E-state index contributed by atoms with van der Waals surface area (Å²) >= 11 is 6.12. The number of hydrogen-bond acceptors (Lipinski definition) is 4. The largest absolute Gasteiger partial charge is 0.288 e. The molecule has 0 atom stereocenters. The normalized spacial score (nSPS) is 11.4. The van der Waals surface area contributed by atoms with Crippen LogP contribution < -0.4 is 4.72 Å². The Kier molecular flexibility index (Phi) is 4.06. The lowest BCUT2D eigenvalue weighted by molar-refractivity contribution is 0.601. The molecule has 0 bridgehead atoms. The van der Waals surface area contributed by atoms with Crippen molar-refractivity contribution in [3.05, 3.63) is 65.7 Å². The Morgan fingerprint density at radius 3 is 2.52 bits per heavy atom. The van der Waals surface area contributed by atoms with Gasteiger partial charge in [0.15, 0.2) is 0 Å². The predicted molar refractivity (Wildman–Crippen MR) is 88.4 cm³/mol. The minimum absolute atomic E-state index is 0.0499. The lowest BCUT2D eigenvalue weighted by Crippen LogP contribution is -2.14. The summed E-state index contributed by atoms with van der Waals surface area (Å²) in [7, 11) is -3.77. The van der Waals surface area contributed by atoms with Crippen molar-refractivity contribution < 1.29 is 8.42 Å². The van der Waals surface area contributed by atoms with Gasteiger partial charge in [0, 0.05) is 0 Å². The van der Waals surface area contributed by atoms with E-state index in [-0.39, 0.29) is 9.92 Å². The molecule has 23 heavy (non-hydrogen) atoms. The molecule has 6 nitrogen and oxygen atoms in total. The van der Waals surface area contributed by atoms with Gasteiger partial charge in [-0.05, 0) is 36.8 Å². The van der Waals surface area contributed by atoms with E-state index in [2.05, 4.69) is 14.9 Å². The molecule has 2 aromatic carbocycles. The van der Waals surface area contributed by atoms with Gasteiger partial charge < -0.3 is 0 Å². The Bertz CT molecular complexity index is 940. The molecule has 0 radical (unpaired) electrons. The van der Waals surface area contributed by atoms with Gasteiger partial charge in [-0.15, -0.1) is 10.2 Å². The highest BCUT2D eigenvalue weighted by Crippen LogP contribution is 2.27. The Morgan fingerprint density at radius 2 is 1.78 bits per heavy atom. The number of rotatable bonds is 4. The van der Waals surface area contributed by atoms with Crippen LogP contribution in [-0.4, -0.2) is 23.2 Å². The summed E-state index contributed by atoms with van der Waals surface area (Å²) in [5.74, 6) is 0. The number of sulfonamides is 1. The second-order valence-electron chi connectivity index (χ2n) is 4.91. The van der Waals surface area contributed by atoms with Crippen molar-refractivity contribution >= 4 is 27.3 Å². The van der Waals surface area contributed by atoms with Gasteiger partial charge >= 0.3 is 0 Å². The molecular weight excluding hydrogens is 336 g/mol. The molecule has 0 saturated heterocycles. The fourth-order valence-electron chi connectivity index (χ4n) is 2.10. The highest BCUT2D eigenvalue weighted by atomic mass is 35.5. The SMILES string of the molecule is Cc1cccc(S(=O)(=O)Nc2cccc(-n3cnnc3)c2)c1Cl. The zero-order valence-corrected chi connectivity index (χ0v) is 13.7. The van der Waals surface area contributed by atoms with Gasteiger partial charge in [0.2, 0.25) is 0 Å². The summed E-state index contributed by atoms with van der Waals surface area (Å²) in [5, 5.41) is 7.67. The summed E-state index contributed by atoms with van der Waals surface area (Å²) in [6.45, 7) is 1.76. The van der Waals surface area contributed by atoms with Crippen molar-refractivity contribution in [2.45, 2.75) is 11.8 Å². The summed E-state index contributed by atoms with van der Waals surface area (Å²) in [4.78, 5) is 0.0499. The molecule has 0 spiro atoms. The first-order valence-corrected chi connectivity index (χ1v) is 8.56. The van der Waals surface area contributed by atoms with Crippen molar-refractivity contribution in [1.29, 1.82) is 0 Å². The quantitative estimate of drug-likeness (QED) is 0.786. The number of nitrogens with zero attached hydrogens (tertiary/aromatic N) is 3. The zero-order chi connectivity index (χ0) is 16.4. The van der Waals surface area contributed by atoms with Crippen LogP contribution in [0.5, 0.6) is 0 Å². The smallest absolute Gasteiger partial charge is 0.263 e. The van der Waals surface area contributed by atoms with Gasteiger partial charge in [0.25, 0.3) is 10.0 Å². The van der Waals surface area contributed by atoms with E-state index < -0.39 is 10.0 Å². The van der Waals surface area contributed by atoms with Gasteiger partial charge in [-0.1, -0.05) is 29.8 Å². The third-order valence-electron chi connectivity index (χ3n) is 3.26. The maximum absolute atomic E-state index is 12.5. The molecule has 0 unspecified atom stereocenters. The fraction of sp³-hybridized carbons (Fsp3) is 0.0667. The highest BCUT2D eigenvalue weighted by molar-refractivity contribution is 7.92. The summed E-state index contributed by atoms with van der Waals surface area (Å²) in [6.07, 6.45) is 3.07. The Morgan fingerprint density at radius 1 is 1.09 bits per heavy atom. The summed E-state index contributed by atoms with van der Waals surface area (Å²) in [6, 6.07) is 11.8. The van der Waals surface area contributed by atoms with Crippen LogP contribution in [0.4, 0.5) is 5.69 Å². The van der Waals surface area contributed by atoms with E-state index in [0.29, 0.717) is 11.3 Å². The molecule has 8 heteroatoms. The number of halogens is 1. The summed E-state index contributed by atoms with van der Waals surface area (Å²) in [5.41, 5.74) is 1.87. The molecule has 3 rings (SSSR count). The monoisotopic (exact) mass is 348 g/mol. The average Bonchev–Trinajstić information content (AvgIpc) is 3.04. The van der Waals surface area contributed by atoms with Crippen LogP contribution in [0.25, 0.3) is 5.69 Å². The second-order valence-corrected chi connectivity index (χ2v) is 6.94. The maximum atomic E-state index is 12.5. The van der Waals surface area contributed by atoms with Gasteiger partial charge in [0.05, 0.1) is 16.4 Å². The molecular formula is C15H13ClN4O2S. The first-order chi connectivity index (χ1) is 11.0. The number of aryl methyl sites for hydroxylation is 1. The first-order valence-electron chi connectivity index (χ1n) is 6.70. The van der Waals surface area contributed by atoms with E-state index in [1.54, 1.807) is 41.8 Å². The second kappa shape index (κ2) is 6.02. The predicted octanol–water partition coefficient (Wildman–Crippen LogP) is 3.03. The minimum Gasteiger partial charge on any atom is -0.288 e. The van der Waals surface area contributed by atoms with Gasteiger partial charge in [-0.25, -0.2) is 8.42 Å². The van der Waals surface area contributed by atoms with Crippen LogP contribution in [0.3, 0.4) is 0 Å². The van der Waals surface area contributed by atoms with Crippen LogP contribution in [0.1, 0.15) is 5.56 Å². The third kappa shape index (κ3) is 3.20. The molecule has 1 aromatic heterocycles. The molecule has 3 aromatic rings. The lowest BCUT2D eigenvalue weighted by Gasteiger charge is -2.11. The van der Waals surface area contributed by atoms with Gasteiger partial charge in [0.1, 0.15) is 17.6 Å². The minimum atomic E-state index is -3.77. The van der Waals surface area contributed by atoms with E-state index in [9.17, 15) is 8.42 Å². The van der Waals surface area contributed by atoms with Crippen molar-refractivity contribution in [2.24, 2.45) is 0 Å². The van der Waals surface area contributed by atoms with Crippen LogP contribution >= 0.6 is 11.6 Å². The topological polar surface area (TPSA) is 76.9 Å². The molecule has 0 saturated carbocycles. The van der Waals surface area contributed by atoms with Crippen molar-refractivity contribution in [2.75, 3.05) is 4.72 Å². The molecule has 0 aliphatic carbocycles. The average molecular weight is 349 g/mol. The molecule has 0 fully saturated rings. The molecule has 118 valence electrons. The van der Waals surface area contributed by atoms with Crippen LogP contribution in [0.2, 0.25) is 5.02 Å². The fourth-order valence-corrected chi connectivity index (χ4v) is 3.73. The third-order valence-corrected chi connectivity index (χ3v) is 5.30. The van der Waals surface area contributed by atoms with E-state index in [0.717, 1.165) is 5.69 Å². The molecule has 0 amide bonds. The Hall–Kier alpha value is -2.38. The first kappa shape index (κ1) is 15.5. The number of aromatic nitrogens is 3. The van der Waals surface area contributed by atoms with Crippen molar-refractivity contribution in [3.8, 4) is 5.69 Å². The van der Waals surface area contributed by atoms with Crippen molar-refractivity contribution in [3.63, 3.8) is 0 Å².